The van der Waals surface area contributed by atoms with E-state index in [0.717, 1.165) is 19.1 Å². The molecule has 2 aromatic rings. The van der Waals surface area contributed by atoms with Gasteiger partial charge >= 0.3 is 18.3 Å². The average Bonchev–Trinajstić information content (AvgIpc) is 3.11. The van der Waals surface area contributed by atoms with Gasteiger partial charge in [0.1, 0.15) is 25.0 Å². The number of benzene rings is 2. The molecule has 5 amide bonds. The lowest BCUT2D eigenvalue weighted by Gasteiger charge is -2.33. The molecule has 0 saturated carbocycles. The summed E-state index contributed by atoms with van der Waals surface area (Å²) in [6, 6.07) is 6.23. The van der Waals surface area contributed by atoms with Gasteiger partial charge in [-0.3, -0.25) is 9.59 Å². The van der Waals surface area contributed by atoms with Crippen LogP contribution >= 0.6 is 0 Å². The number of ether oxygens (including phenoxy) is 2. The molecule has 208 valence electrons. The number of imide groups is 1. The maximum atomic E-state index is 13.6. The number of carbonyl (C=O) groups is 4. The lowest BCUT2D eigenvalue weighted by molar-refractivity contribution is -0.187. The molecule has 0 aromatic heterocycles. The maximum absolute atomic E-state index is 13.6. The van der Waals surface area contributed by atoms with Crippen LogP contribution in [0.2, 0.25) is 0 Å². The van der Waals surface area contributed by atoms with E-state index >= 15 is 0 Å². The number of hydrogen-bond donors (Lipinski definition) is 2. The summed E-state index contributed by atoms with van der Waals surface area (Å²) < 4.78 is 65.0. The third-order valence-corrected chi connectivity index (χ3v) is 6.48. The molecule has 2 N–H and O–H groups in total. The quantitative estimate of drug-likeness (QED) is 0.532. The number of anilines is 1. The Labute approximate surface area is 219 Å². The van der Waals surface area contributed by atoms with E-state index in [1.807, 2.05) is 0 Å². The molecule has 0 aliphatic carbocycles. The summed E-state index contributed by atoms with van der Waals surface area (Å²) in [4.78, 5) is 51.9. The van der Waals surface area contributed by atoms with Crippen LogP contribution in [0, 0.1) is 5.82 Å². The molecule has 39 heavy (non-hydrogen) atoms. The smallest absolute Gasteiger partial charge is 0.418 e. The van der Waals surface area contributed by atoms with Crippen molar-refractivity contribution in [2.45, 2.75) is 37.9 Å². The van der Waals surface area contributed by atoms with Crippen molar-refractivity contribution in [1.29, 1.82) is 0 Å². The van der Waals surface area contributed by atoms with Crippen molar-refractivity contribution in [1.82, 2.24) is 15.1 Å². The number of hydrogen-bond acceptors (Lipinski definition) is 6. The summed E-state index contributed by atoms with van der Waals surface area (Å²) in [7, 11) is 1.43. The lowest BCUT2D eigenvalue weighted by Crippen LogP contribution is -2.52. The molecule has 2 aliphatic rings. The van der Waals surface area contributed by atoms with Crippen LogP contribution in [-0.2, 0) is 37.8 Å². The van der Waals surface area contributed by atoms with Crippen LogP contribution in [-0.4, -0.2) is 66.2 Å². The molecule has 1 saturated heterocycles. The van der Waals surface area contributed by atoms with Crippen molar-refractivity contribution in [3.05, 3.63) is 65.0 Å². The van der Waals surface area contributed by atoms with Crippen molar-refractivity contribution in [2.24, 2.45) is 0 Å². The predicted octanol–water partition coefficient (Wildman–Crippen LogP) is 3.26. The minimum absolute atomic E-state index is 0.0264. The predicted molar refractivity (Wildman–Crippen MR) is 127 cm³/mol. The van der Waals surface area contributed by atoms with E-state index in [9.17, 15) is 36.7 Å². The minimum atomic E-state index is -4.82. The summed E-state index contributed by atoms with van der Waals surface area (Å²) in [5.74, 6) is -2.76. The number of rotatable bonds is 6. The third kappa shape index (κ3) is 5.50. The summed E-state index contributed by atoms with van der Waals surface area (Å²) in [6.07, 6.45) is -6.04. The molecule has 0 radical (unpaired) electrons. The van der Waals surface area contributed by atoms with Gasteiger partial charge < -0.3 is 25.0 Å². The molecule has 1 spiro atoms. The lowest BCUT2D eigenvalue weighted by atomic mass is 9.87. The summed E-state index contributed by atoms with van der Waals surface area (Å²) in [5, 5.41) is 4.95. The van der Waals surface area contributed by atoms with Crippen LogP contribution < -0.4 is 10.6 Å². The first-order valence-electron chi connectivity index (χ1n) is 11.7. The average molecular weight is 552 g/mol. The second kappa shape index (κ2) is 10.5. The number of amides is 5. The Morgan fingerprint density at radius 1 is 1.15 bits per heavy atom. The highest BCUT2D eigenvalue weighted by Crippen LogP contribution is 2.41. The fourth-order valence-electron chi connectivity index (χ4n) is 4.34. The Morgan fingerprint density at radius 2 is 1.85 bits per heavy atom. The van der Waals surface area contributed by atoms with E-state index < -0.39 is 60.7 Å². The van der Waals surface area contributed by atoms with E-state index in [1.54, 1.807) is 0 Å². The molecule has 2 heterocycles. The van der Waals surface area contributed by atoms with E-state index in [1.165, 1.54) is 37.4 Å². The first kappa shape index (κ1) is 27.8. The van der Waals surface area contributed by atoms with Crippen molar-refractivity contribution >= 4 is 29.6 Å². The zero-order chi connectivity index (χ0) is 28.5. The number of fused-ring (bicyclic) bond motifs is 2. The Hall–Kier alpha value is -4.20. The largest absolute Gasteiger partial charge is 0.425 e. The van der Waals surface area contributed by atoms with Gasteiger partial charge in [-0.2, -0.15) is 13.2 Å². The highest BCUT2D eigenvalue weighted by Gasteiger charge is 2.58. The zero-order valence-electron chi connectivity index (χ0n) is 20.8. The molecule has 0 unspecified atom stereocenters. The maximum Gasteiger partial charge on any atom is 0.418 e. The summed E-state index contributed by atoms with van der Waals surface area (Å²) >= 11 is 0. The summed E-state index contributed by atoms with van der Waals surface area (Å²) in [6.45, 7) is -1.15. The Morgan fingerprint density at radius 3 is 2.49 bits per heavy atom. The van der Waals surface area contributed by atoms with Gasteiger partial charge in [-0.1, -0.05) is 18.2 Å². The van der Waals surface area contributed by atoms with Crippen molar-refractivity contribution in [2.75, 3.05) is 25.5 Å². The third-order valence-electron chi connectivity index (χ3n) is 6.48. The van der Waals surface area contributed by atoms with Gasteiger partial charge in [-0.15, -0.1) is 0 Å². The Bertz CT molecular complexity index is 1300. The van der Waals surface area contributed by atoms with Crippen molar-refractivity contribution in [3.8, 4) is 0 Å². The van der Waals surface area contributed by atoms with Crippen molar-refractivity contribution < 1.29 is 46.2 Å². The molecule has 10 nitrogen and oxygen atoms in total. The van der Waals surface area contributed by atoms with Gasteiger partial charge in [-0.05, 0) is 42.3 Å². The summed E-state index contributed by atoms with van der Waals surface area (Å²) in [5.41, 5.74) is -0.684. The highest BCUT2D eigenvalue weighted by atomic mass is 19.4. The van der Waals surface area contributed by atoms with E-state index in [-0.39, 0.29) is 24.3 Å². The number of carbonyl (C=O) groups excluding carboxylic acids is 4. The van der Waals surface area contributed by atoms with Gasteiger partial charge in [0.15, 0.2) is 0 Å². The number of nitrogens with one attached hydrogen (secondary N) is 2. The van der Waals surface area contributed by atoms with Gasteiger partial charge in [0.2, 0.25) is 11.5 Å². The number of nitrogens with zero attached hydrogens (tertiary/aromatic N) is 2. The molecule has 14 heteroatoms. The van der Waals surface area contributed by atoms with Crippen molar-refractivity contribution in [3.63, 3.8) is 0 Å². The topological polar surface area (TPSA) is 117 Å². The monoisotopic (exact) mass is 552 g/mol. The molecule has 2 aliphatic heterocycles. The fraction of sp³-hybridized carbons (Fsp3) is 0.360. The van der Waals surface area contributed by atoms with E-state index in [2.05, 4.69) is 10.6 Å². The van der Waals surface area contributed by atoms with E-state index in [0.29, 0.717) is 21.1 Å². The molecule has 0 bridgehead atoms. The van der Waals surface area contributed by atoms with Crippen LogP contribution in [0.5, 0.6) is 0 Å². The van der Waals surface area contributed by atoms with Crippen LogP contribution in [0.4, 0.5) is 32.8 Å². The van der Waals surface area contributed by atoms with Gasteiger partial charge in [0.25, 0.3) is 5.91 Å². The normalized spacial score (nSPS) is 19.4. The first-order chi connectivity index (χ1) is 18.4. The number of urea groups is 1. The zero-order valence-corrected chi connectivity index (χ0v) is 20.8. The molecule has 1 fully saturated rings. The minimum Gasteiger partial charge on any atom is -0.425 e. The SMILES string of the molecule is CNC(=O)Nc1ccc2c(c1)COC[C@@]21OC(=O)N(CC(=O)N(Cc2ccc(F)cc2)[C@@H](C)C(F)(F)F)C1=O. The van der Waals surface area contributed by atoms with Crippen LogP contribution in [0.1, 0.15) is 23.6 Å². The van der Waals surface area contributed by atoms with Crippen LogP contribution in [0.25, 0.3) is 0 Å². The fourth-order valence-corrected chi connectivity index (χ4v) is 4.34. The van der Waals surface area contributed by atoms with Gasteiger partial charge in [-0.25, -0.2) is 18.9 Å². The van der Waals surface area contributed by atoms with Crippen LogP contribution in [0.3, 0.4) is 0 Å². The number of halogens is 4. The molecule has 2 aromatic carbocycles. The molecule has 2 atom stereocenters. The molecular formula is C25H24F4N4O6. The highest BCUT2D eigenvalue weighted by molar-refractivity contribution is 6.06. The second-order valence-corrected chi connectivity index (χ2v) is 9.02. The van der Waals surface area contributed by atoms with Gasteiger partial charge in [0.05, 0.1) is 6.61 Å². The standard InChI is InChI=1S/C25H24F4N4O6/c1-14(25(27,28)29)32(10-15-3-5-17(26)6-4-15)20(34)11-33-21(35)24(39-23(33)37)13-38-12-16-9-18(7-8-19(16)24)31-22(36)30-2/h3-9,14H,10-13H2,1-2H3,(H2,30,31,36)/t14-,24+/m0/s1. The first-order valence-corrected chi connectivity index (χ1v) is 11.7. The van der Waals surface area contributed by atoms with Crippen LogP contribution in [0.15, 0.2) is 42.5 Å². The number of alkyl halides is 3. The molecular weight excluding hydrogens is 528 g/mol. The Balaban J connectivity index is 1.59. The Kier molecular flexibility index (Phi) is 7.50. The van der Waals surface area contributed by atoms with E-state index in [4.69, 9.17) is 9.47 Å². The second-order valence-electron chi connectivity index (χ2n) is 9.02. The molecule has 4 rings (SSSR count). The van der Waals surface area contributed by atoms with Gasteiger partial charge in [0, 0.05) is 24.8 Å².